The maximum Gasteiger partial charge on any atom is 0.226 e. The van der Waals surface area contributed by atoms with Gasteiger partial charge in [0, 0.05) is 31.0 Å². The normalized spacial score (nSPS) is 33.2. The third-order valence-electron chi connectivity index (χ3n) is 6.23. The van der Waals surface area contributed by atoms with E-state index in [9.17, 15) is 4.79 Å². The number of carbonyl (C=O) groups is 1. The molecule has 3 heteroatoms. The molecule has 0 bridgehead atoms. The van der Waals surface area contributed by atoms with Crippen molar-refractivity contribution in [2.75, 3.05) is 13.1 Å². The zero-order chi connectivity index (χ0) is 16.3. The summed E-state index contributed by atoms with van der Waals surface area (Å²) in [6.45, 7) is 1.46. The predicted molar refractivity (Wildman–Crippen MR) is 93.6 cm³/mol. The van der Waals surface area contributed by atoms with Gasteiger partial charge in [0.25, 0.3) is 0 Å². The summed E-state index contributed by atoms with van der Waals surface area (Å²) in [6.07, 6.45) is 1.07. The van der Waals surface area contributed by atoms with Crippen LogP contribution >= 0.6 is 0 Å². The van der Waals surface area contributed by atoms with Gasteiger partial charge in [0.2, 0.25) is 5.91 Å². The van der Waals surface area contributed by atoms with Gasteiger partial charge in [-0.1, -0.05) is 54.6 Å². The topological polar surface area (TPSA) is 46.3 Å². The van der Waals surface area contributed by atoms with Crippen molar-refractivity contribution in [2.24, 2.45) is 17.6 Å². The Kier molecular flexibility index (Phi) is 3.07. The van der Waals surface area contributed by atoms with Crippen LogP contribution in [0.2, 0.25) is 0 Å². The van der Waals surface area contributed by atoms with Crippen molar-refractivity contribution < 1.29 is 4.79 Å². The minimum absolute atomic E-state index is 0.0437. The van der Waals surface area contributed by atoms with E-state index >= 15 is 0 Å². The molecule has 3 nitrogen and oxygen atoms in total. The lowest BCUT2D eigenvalue weighted by molar-refractivity contribution is -0.132. The van der Waals surface area contributed by atoms with Gasteiger partial charge >= 0.3 is 0 Å². The minimum atomic E-state index is 0.0437. The molecular formula is C21H22N2O. The molecule has 1 heterocycles. The highest BCUT2D eigenvalue weighted by Crippen LogP contribution is 2.62. The van der Waals surface area contributed by atoms with E-state index in [4.69, 9.17) is 5.73 Å². The predicted octanol–water partition coefficient (Wildman–Crippen LogP) is 2.53. The van der Waals surface area contributed by atoms with Crippen LogP contribution in [-0.4, -0.2) is 29.9 Å². The first-order valence-electron chi connectivity index (χ1n) is 8.91. The van der Waals surface area contributed by atoms with Crippen molar-refractivity contribution >= 4 is 5.91 Å². The molecule has 1 amide bonds. The number of benzene rings is 2. The fraction of sp³-hybridized carbons (Fsp3) is 0.381. The molecule has 5 rings (SSSR count). The molecule has 24 heavy (non-hydrogen) atoms. The Labute approximate surface area is 142 Å². The highest BCUT2D eigenvalue weighted by atomic mass is 16.2. The SMILES string of the molecule is N[C@@H]1CN(C(=O)C2C3Cc4ccccc4C32)C[C@H]1c1ccccc1. The number of nitrogens with two attached hydrogens (primary N) is 1. The van der Waals surface area contributed by atoms with Gasteiger partial charge in [0.05, 0.1) is 0 Å². The van der Waals surface area contributed by atoms with E-state index in [1.807, 2.05) is 11.0 Å². The lowest BCUT2D eigenvalue weighted by atomic mass is 9.95. The van der Waals surface area contributed by atoms with Crippen LogP contribution in [0.25, 0.3) is 0 Å². The zero-order valence-corrected chi connectivity index (χ0v) is 13.6. The average Bonchev–Trinajstić information content (AvgIpc) is 2.98. The van der Waals surface area contributed by atoms with E-state index in [1.54, 1.807) is 0 Å². The van der Waals surface area contributed by atoms with Crippen molar-refractivity contribution in [1.82, 2.24) is 4.90 Å². The van der Waals surface area contributed by atoms with Gasteiger partial charge in [-0.2, -0.15) is 0 Å². The van der Waals surface area contributed by atoms with E-state index in [1.165, 1.54) is 16.7 Å². The molecule has 0 spiro atoms. The van der Waals surface area contributed by atoms with Gasteiger partial charge in [-0.05, 0) is 34.9 Å². The van der Waals surface area contributed by atoms with Crippen LogP contribution in [0.15, 0.2) is 54.6 Å². The molecule has 3 unspecified atom stereocenters. The second kappa shape index (κ2) is 5.18. The number of rotatable bonds is 2. The fourth-order valence-electron chi connectivity index (χ4n) is 4.96. The lowest BCUT2D eigenvalue weighted by Crippen LogP contribution is -2.34. The van der Waals surface area contributed by atoms with Gasteiger partial charge in [0.1, 0.15) is 0 Å². The van der Waals surface area contributed by atoms with E-state index in [0.29, 0.717) is 24.3 Å². The molecule has 2 aromatic carbocycles. The molecule has 1 saturated heterocycles. The molecule has 0 aromatic heterocycles. The van der Waals surface area contributed by atoms with Gasteiger partial charge in [-0.3, -0.25) is 4.79 Å². The van der Waals surface area contributed by atoms with Crippen molar-refractivity contribution in [3.05, 3.63) is 71.3 Å². The second-order valence-corrected chi connectivity index (χ2v) is 7.54. The second-order valence-electron chi connectivity index (χ2n) is 7.54. The summed E-state index contributed by atoms with van der Waals surface area (Å²) >= 11 is 0. The molecule has 3 aliphatic rings. The van der Waals surface area contributed by atoms with E-state index in [0.717, 1.165) is 13.0 Å². The smallest absolute Gasteiger partial charge is 0.226 e. The Balaban J connectivity index is 1.32. The molecule has 1 saturated carbocycles. The monoisotopic (exact) mass is 318 g/mol. The Bertz CT molecular complexity index is 787. The summed E-state index contributed by atoms with van der Waals surface area (Å²) < 4.78 is 0. The molecule has 122 valence electrons. The van der Waals surface area contributed by atoms with Gasteiger partial charge < -0.3 is 10.6 Å². The van der Waals surface area contributed by atoms with Crippen molar-refractivity contribution in [1.29, 1.82) is 0 Å². The maximum atomic E-state index is 13.0. The van der Waals surface area contributed by atoms with Crippen LogP contribution in [-0.2, 0) is 11.2 Å². The number of hydrogen-bond donors (Lipinski definition) is 1. The van der Waals surface area contributed by atoms with Gasteiger partial charge in [0.15, 0.2) is 0 Å². The van der Waals surface area contributed by atoms with E-state index < -0.39 is 0 Å². The fourth-order valence-corrected chi connectivity index (χ4v) is 4.96. The number of fused-ring (bicyclic) bond motifs is 3. The number of carbonyl (C=O) groups excluding carboxylic acids is 1. The van der Waals surface area contributed by atoms with Gasteiger partial charge in [-0.15, -0.1) is 0 Å². The molecule has 2 fully saturated rings. The van der Waals surface area contributed by atoms with Crippen molar-refractivity contribution in [3.63, 3.8) is 0 Å². The highest BCUT2D eigenvalue weighted by molar-refractivity contribution is 5.85. The third-order valence-corrected chi connectivity index (χ3v) is 6.23. The van der Waals surface area contributed by atoms with Gasteiger partial charge in [-0.25, -0.2) is 0 Å². The molecule has 2 aromatic rings. The quantitative estimate of drug-likeness (QED) is 0.925. The largest absolute Gasteiger partial charge is 0.340 e. The van der Waals surface area contributed by atoms with Crippen molar-refractivity contribution in [3.8, 4) is 0 Å². The molecule has 1 aliphatic heterocycles. The maximum absolute atomic E-state index is 13.0. The number of nitrogens with zero attached hydrogens (tertiary/aromatic N) is 1. The molecular weight excluding hydrogens is 296 g/mol. The summed E-state index contributed by atoms with van der Waals surface area (Å²) in [5.74, 6) is 1.78. The Morgan fingerprint density at radius 3 is 2.58 bits per heavy atom. The zero-order valence-electron chi connectivity index (χ0n) is 13.6. The number of hydrogen-bond acceptors (Lipinski definition) is 2. The van der Waals surface area contributed by atoms with Crippen LogP contribution in [0.1, 0.15) is 28.5 Å². The van der Waals surface area contributed by atoms with Crippen LogP contribution in [0, 0.1) is 11.8 Å². The first kappa shape index (κ1) is 14.2. The summed E-state index contributed by atoms with van der Waals surface area (Å²) in [4.78, 5) is 15.0. The summed E-state index contributed by atoms with van der Waals surface area (Å²) in [5, 5.41) is 0. The van der Waals surface area contributed by atoms with E-state index in [2.05, 4.69) is 48.5 Å². The van der Waals surface area contributed by atoms with E-state index in [-0.39, 0.29) is 17.9 Å². The summed E-state index contributed by atoms with van der Waals surface area (Å²) in [7, 11) is 0. The highest BCUT2D eigenvalue weighted by Gasteiger charge is 2.60. The summed E-state index contributed by atoms with van der Waals surface area (Å²) in [5.41, 5.74) is 10.5. The molecule has 2 N–H and O–H groups in total. The molecule has 0 radical (unpaired) electrons. The molecule has 5 atom stereocenters. The lowest BCUT2D eigenvalue weighted by Gasteiger charge is -2.18. The number of likely N-dealkylation sites (tertiary alicyclic amines) is 1. The average molecular weight is 318 g/mol. The van der Waals surface area contributed by atoms with Crippen LogP contribution in [0.4, 0.5) is 0 Å². The van der Waals surface area contributed by atoms with Crippen LogP contribution < -0.4 is 5.73 Å². The number of amides is 1. The molecule has 2 aliphatic carbocycles. The third kappa shape index (κ3) is 2.04. The van der Waals surface area contributed by atoms with Crippen LogP contribution in [0.3, 0.4) is 0 Å². The van der Waals surface area contributed by atoms with Crippen LogP contribution in [0.5, 0.6) is 0 Å². The Morgan fingerprint density at radius 2 is 1.75 bits per heavy atom. The Morgan fingerprint density at radius 1 is 1.00 bits per heavy atom. The standard InChI is InChI=1S/C21H22N2O/c22-18-12-23(11-17(18)13-6-2-1-3-7-13)21(24)20-16-10-14-8-4-5-9-15(14)19(16)20/h1-9,16-20H,10-12,22H2/t16?,17-,18+,19?,20?/m0/s1. The Hall–Kier alpha value is -2.13. The minimum Gasteiger partial charge on any atom is -0.340 e. The van der Waals surface area contributed by atoms with Crippen molar-refractivity contribution in [2.45, 2.75) is 24.3 Å². The first-order chi connectivity index (χ1) is 11.7. The first-order valence-corrected chi connectivity index (χ1v) is 8.91. The summed E-state index contributed by atoms with van der Waals surface area (Å²) in [6, 6.07) is 19.0.